The fourth-order valence-electron chi connectivity index (χ4n) is 5.17. The average Bonchev–Trinajstić information content (AvgIpc) is 2.98. The minimum Gasteiger partial charge on any atom is -0.492 e. The first kappa shape index (κ1) is 37.1. The summed E-state index contributed by atoms with van der Waals surface area (Å²) in [6.07, 6.45) is 3.55. The minimum absolute atomic E-state index is 0.0919. The second kappa shape index (κ2) is 16.8. The number of nitrogens with zero attached hydrogens (tertiary/aromatic N) is 2. The number of ketones is 2. The van der Waals surface area contributed by atoms with E-state index in [1.54, 1.807) is 40.1 Å². The number of rotatable bonds is 6. The molecular weight excluding hydrogens is 584 g/mol. The van der Waals surface area contributed by atoms with Crippen LogP contribution in [0.4, 0.5) is 4.79 Å². The van der Waals surface area contributed by atoms with Crippen LogP contribution in [0.1, 0.15) is 40.5 Å². The third-order valence-electron chi connectivity index (χ3n) is 7.56. The molecule has 13 heteroatoms. The van der Waals surface area contributed by atoms with Crippen LogP contribution in [0, 0.1) is 11.8 Å². The number of amides is 2. The van der Waals surface area contributed by atoms with Gasteiger partial charge in [-0.05, 0) is 38.2 Å². The lowest BCUT2D eigenvalue weighted by atomic mass is 9.84. The van der Waals surface area contributed by atoms with Gasteiger partial charge < -0.3 is 40.1 Å². The number of carbonyl (C=O) groups excluding carboxylic acids is 4. The fourth-order valence-corrected chi connectivity index (χ4v) is 5.17. The summed E-state index contributed by atoms with van der Waals surface area (Å²) in [5.41, 5.74) is 5.87. The van der Waals surface area contributed by atoms with Gasteiger partial charge in [0.15, 0.2) is 11.9 Å². The van der Waals surface area contributed by atoms with E-state index in [0.717, 1.165) is 0 Å². The number of fused-ring (bicyclic) bond motifs is 2. The first-order chi connectivity index (χ1) is 21.2. The van der Waals surface area contributed by atoms with E-state index in [4.69, 9.17) is 24.7 Å². The molecule has 13 nitrogen and oxygen atoms in total. The fraction of sp³-hybridized carbons (Fsp3) is 0.531. The van der Waals surface area contributed by atoms with Crippen molar-refractivity contribution in [3.63, 3.8) is 0 Å². The highest BCUT2D eigenvalue weighted by atomic mass is 16.6. The largest absolute Gasteiger partial charge is 0.492 e. The van der Waals surface area contributed by atoms with Crippen molar-refractivity contribution >= 4 is 29.8 Å². The molecule has 0 fully saturated rings. The number of aliphatic hydroxyl groups excluding tert-OH is 1. The summed E-state index contributed by atoms with van der Waals surface area (Å²) >= 11 is 0. The van der Waals surface area contributed by atoms with Crippen molar-refractivity contribution in [2.24, 2.45) is 22.7 Å². The number of hydrogen-bond donors (Lipinski definition) is 3. The van der Waals surface area contributed by atoms with Gasteiger partial charge in [0.25, 0.3) is 5.91 Å². The van der Waals surface area contributed by atoms with Gasteiger partial charge in [-0.1, -0.05) is 38.2 Å². The van der Waals surface area contributed by atoms with Crippen LogP contribution in [0.25, 0.3) is 0 Å². The van der Waals surface area contributed by atoms with Crippen LogP contribution in [0.15, 0.2) is 63.2 Å². The molecule has 248 valence electrons. The van der Waals surface area contributed by atoms with Crippen molar-refractivity contribution < 1.29 is 43.2 Å². The Bertz CT molecular complexity index is 1330. The molecule has 45 heavy (non-hydrogen) atoms. The third kappa shape index (κ3) is 9.71. The van der Waals surface area contributed by atoms with Gasteiger partial charge in [-0.3, -0.25) is 14.4 Å². The first-order valence-electron chi connectivity index (χ1n) is 14.5. The molecule has 0 aromatic rings. The number of primary amides is 1. The SMILES string of the molecule is COC1=C2CC(C)CC(OC)C(O)C(C)C=C(C)C(OC(N)=O)C(OC)C=CC=C(C)C(=O)NC(=C(C=NN(C)C)C1=O)C2=O. The smallest absolute Gasteiger partial charge is 0.405 e. The summed E-state index contributed by atoms with van der Waals surface area (Å²) in [7, 11) is 7.49. The molecule has 1 heterocycles. The minimum atomic E-state index is -1.01. The molecule has 0 aromatic heterocycles. The van der Waals surface area contributed by atoms with Crippen LogP contribution in [0.5, 0.6) is 0 Å². The Kier molecular flexibility index (Phi) is 13.9. The van der Waals surface area contributed by atoms with Gasteiger partial charge in [0.2, 0.25) is 11.6 Å². The maximum Gasteiger partial charge on any atom is 0.405 e. The van der Waals surface area contributed by atoms with Gasteiger partial charge in [-0.15, -0.1) is 0 Å². The number of carbonyl (C=O) groups is 4. The summed E-state index contributed by atoms with van der Waals surface area (Å²) in [6.45, 7) is 6.90. The highest BCUT2D eigenvalue weighted by Crippen LogP contribution is 2.31. The first-order valence-corrected chi connectivity index (χ1v) is 14.5. The maximum absolute atomic E-state index is 13.9. The highest BCUT2D eigenvalue weighted by molar-refractivity contribution is 6.32. The number of hydrogen-bond acceptors (Lipinski definition) is 11. The van der Waals surface area contributed by atoms with Gasteiger partial charge in [0.1, 0.15) is 11.8 Å². The molecule has 1 aliphatic heterocycles. The lowest BCUT2D eigenvalue weighted by Gasteiger charge is -2.30. The van der Waals surface area contributed by atoms with Crippen molar-refractivity contribution in [2.75, 3.05) is 35.4 Å². The zero-order chi connectivity index (χ0) is 34.0. The Morgan fingerprint density at radius 1 is 1.11 bits per heavy atom. The van der Waals surface area contributed by atoms with E-state index in [0.29, 0.717) is 12.0 Å². The molecule has 0 aromatic carbocycles. The number of aliphatic hydroxyl groups is 1. The summed E-state index contributed by atoms with van der Waals surface area (Å²) < 4.78 is 22.0. The van der Waals surface area contributed by atoms with Crippen LogP contribution in [-0.2, 0) is 33.3 Å². The predicted octanol–water partition coefficient (Wildman–Crippen LogP) is 2.33. The number of methoxy groups -OCH3 is 3. The van der Waals surface area contributed by atoms with Gasteiger partial charge in [0.05, 0.1) is 31.1 Å². The normalized spacial score (nSPS) is 27.7. The molecule has 6 unspecified atom stereocenters. The van der Waals surface area contributed by atoms with Crippen LogP contribution in [0.3, 0.4) is 0 Å². The summed E-state index contributed by atoms with van der Waals surface area (Å²) in [6, 6.07) is 0. The van der Waals surface area contributed by atoms with E-state index < -0.39 is 53.9 Å². The molecule has 2 bridgehead atoms. The summed E-state index contributed by atoms with van der Waals surface area (Å²) in [5, 5.41) is 19.4. The van der Waals surface area contributed by atoms with Crippen LogP contribution in [0.2, 0.25) is 0 Å². The standard InChI is InChI=1S/C32H46N4O9/c1-17-13-21-27(38)25(22(16-34-36(5)6)28(39)30(21)44-9)35-31(40)18(2)11-10-12-23(42-7)29(45-32(33)41)20(4)15-19(3)26(37)24(14-17)43-8/h10-12,15-17,19,23-24,26,29,37H,13-14H2,1-9H3,(H2,33,41)(H,35,40). The lowest BCUT2D eigenvalue weighted by molar-refractivity contribution is -0.121. The van der Waals surface area contributed by atoms with Gasteiger partial charge in [-0.2, -0.15) is 5.10 Å². The Morgan fingerprint density at radius 3 is 2.33 bits per heavy atom. The Hall–Kier alpha value is -4.07. The lowest BCUT2D eigenvalue weighted by Crippen LogP contribution is -2.38. The molecule has 0 radical (unpaired) electrons. The molecule has 2 amide bonds. The topological polar surface area (TPSA) is 179 Å². The number of nitrogens with two attached hydrogens (primary N) is 1. The van der Waals surface area contributed by atoms with Crippen LogP contribution in [-0.4, -0.2) is 99.7 Å². The Labute approximate surface area is 264 Å². The number of ether oxygens (including phenoxy) is 4. The summed E-state index contributed by atoms with van der Waals surface area (Å²) in [5.74, 6) is -2.70. The maximum atomic E-state index is 13.9. The summed E-state index contributed by atoms with van der Waals surface area (Å²) in [4.78, 5) is 52.6. The van der Waals surface area contributed by atoms with E-state index in [1.165, 1.54) is 51.6 Å². The molecule has 2 aliphatic rings. The number of hydrazone groups is 1. The van der Waals surface area contributed by atoms with Crippen molar-refractivity contribution in [2.45, 2.75) is 65.0 Å². The molecule has 2 rings (SSSR count). The molecule has 1 aliphatic carbocycles. The van der Waals surface area contributed by atoms with Crippen molar-refractivity contribution in [3.8, 4) is 0 Å². The average molecular weight is 631 g/mol. The predicted molar refractivity (Wildman–Crippen MR) is 168 cm³/mol. The van der Waals surface area contributed by atoms with Gasteiger partial charge in [-0.25, -0.2) is 4.79 Å². The van der Waals surface area contributed by atoms with Crippen LogP contribution < -0.4 is 11.1 Å². The number of Topliss-reactive ketones (excluding diaryl/α,β-unsaturated/α-hetero) is 2. The third-order valence-corrected chi connectivity index (χ3v) is 7.56. The van der Waals surface area contributed by atoms with E-state index in [1.807, 2.05) is 6.92 Å². The monoisotopic (exact) mass is 630 g/mol. The van der Waals surface area contributed by atoms with Crippen LogP contribution >= 0.6 is 0 Å². The molecule has 0 saturated heterocycles. The zero-order valence-electron chi connectivity index (χ0n) is 27.5. The Balaban J connectivity index is 2.75. The Morgan fingerprint density at radius 2 is 1.78 bits per heavy atom. The van der Waals surface area contributed by atoms with Crippen molar-refractivity contribution in [1.29, 1.82) is 0 Å². The van der Waals surface area contributed by atoms with E-state index in [9.17, 15) is 24.3 Å². The van der Waals surface area contributed by atoms with Crippen molar-refractivity contribution in [3.05, 3.63) is 58.1 Å². The van der Waals surface area contributed by atoms with Gasteiger partial charge >= 0.3 is 6.09 Å². The van der Waals surface area contributed by atoms with E-state index >= 15 is 0 Å². The number of nitrogens with one attached hydrogen (secondary N) is 1. The molecule has 0 saturated carbocycles. The molecule has 6 atom stereocenters. The van der Waals surface area contributed by atoms with E-state index in [2.05, 4.69) is 10.4 Å². The van der Waals surface area contributed by atoms with E-state index in [-0.39, 0.29) is 40.5 Å². The molecular formula is C32H46N4O9. The molecule has 0 spiro atoms. The number of allylic oxidation sites excluding steroid dienone is 4. The second-order valence-electron chi connectivity index (χ2n) is 11.4. The highest BCUT2D eigenvalue weighted by Gasteiger charge is 2.37. The van der Waals surface area contributed by atoms with Crippen molar-refractivity contribution in [1.82, 2.24) is 10.3 Å². The second-order valence-corrected chi connectivity index (χ2v) is 11.4. The van der Waals surface area contributed by atoms with Gasteiger partial charge in [0, 0.05) is 45.4 Å². The quantitative estimate of drug-likeness (QED) is 0.171. The molecule has 4 N–H and O–H groups in total. The zero-order valence-corrected chi connectivity index (χ0v) is 27.5.